The van der Waals surface area contributed by atoms with Crippen LogP contribution < -0.4 is 10.1 Å². The van der Waals surface area contributed by atoms with Crippen molar-refractivity contribution in [3.63, 3.8) is 0 Å². The van der Waals surface area contributed by atoms with Gasteiger partial charge in [0, 0.05) is 31.1 Å². The molecule has 0 aliphatic rings. The van der Waals surface area contributed by atoms with Gasteiger partial charge in [-0.05, 0) is 30.3 Å². The van der Waals surface area contributed by atoms with E-state index in [1.165, 1.54) is 14.0 Å². The lowest BCUT2D eigenvalue weighted by atomic mass is 10.2. The Bertz CT molecular complexity index is 738. The van der Waals surface area contributed by atoms with Crippen molar-refractivity contribution >= 4 is 29.1 Å². The summed E-state index contributed by atoms with van der Waals surface area (Å²) < 4.78 is 5.20. The molecule has 6 nitrogen and oxygen atoms in total. The van der Waals surface area contributed by atoms with Gasteiger partial charge in [0.15, 0.2) is 0 Å². The van der Waals surface area contributed by atoms with Crippen LogP contribution in [-0.4, -0.2) is 35.4 Å². The number of hydrogen-bond donors (Lipinski definition) is 1. The fourth-order valence-electron chi connectivity index (χ4n) is 2.26. The molecule has 0 bridgehead atoms. The van der Waals surface area contributed by atoms with E-state index < -0.39 is 0 Å². The van der Waals surface area contributed by atoms with E-state index in [2.05, 4.69) is 10.3 Å². The van der Waals surface area contributed by atoms with Gasteiger partial charge in [-0.25, -0.2) is 0 Å². The summed E-state index contributed by atoms with van der Waals surface area (Å²) >= 11 is 5.95. The first-order valence-electron chi connectivity index (χ1n) is 7.78. The van der Waals surface area contributed by atoms with Crippen molar-refractivity contribution in [3.8, 4) is 5.75 Å². The molecule has 0 spiro atoms. The molecular weight excluding hydrogens is 342 g/mol. The van der Waals surface area contributed by atoms with Gasteiger partial charge in [0.25, 0.3) is 0 Å². The predicted octanol–water partition coefficient (Wildman–Crippen LogP) is 3.12. The SMILES string of the molecule is COc1ccc(Cl)cc1NC(=O)CCN(Cc1ccccn1)C(C)=O. The van der Waals surface area contributed by atoms with Crippen LogP contribution in [0, 0.1) is 0 Å². The van der Waals surface area contributed by atoms with Crippen LogP contribution in [0.1, 0.15) is 19.0 Å². The minimum absolute atomic E-state index is 0.112. The van der Waals surface area contributed by atoms with E-state index in [1.54, 1.807) is 29.3 Å². The molecule has 2 rings (SSSR count). The molecule has 1 heterocycles. The molecule has 0 saturated carbocycles. The molecular formula is C18H20ClN3O3. The summed E-state index contributed by atoms with van der Waals surface area (Å²) in [6.07, 6.45) is 1.83. The predicted molar refractivity (Wildman–Crippen MR) is 96.6 cm³/mol. The van der Waals surface area contributed by atoms with Crippen molar-refractivity contribution < 1.29 is 14.3 Å². The van der Waals surface area contributed by atoms with Gasteiger partial charge in [-0.2, -0.15) is 0 Å². The maximum atomic E-state index is 12.2. The van der Waals surface area contributed by atoms with Gasteiger partial charge in [0.1, 0.15) is 5.75 Å². The highest BCUT2D eigenvalue weighted by Gasteiger charge is 2.14. The lowest BCUT2D eigenvalue weighted by Gasteiger charge is -2.20. The minimum atomic E-state index is -0.229. The number of nitrogens with one attached hydrogen (secondary N) is 1. The standard InChI is InChI=1S/C18H20ClN3O3/c1-13(23)22(12-15-5-3-4-9-20-15)10-8-18(24)21-16-11-14(19)6-7-17(16)25-2/h3-7,9,11H,8,10,12H2,1-2H3,(H,21,24). The van der Waals surface area contributed by atoms with Crippen molar-refractivity contribution in [1.29, 1.82) is 0 Å². The van der Waals surface area contributed by atoms with Crippen LogP contribution in [0.15, 0.2) is 42.6 Å². The maximum Gasteiger partial charge on any atom is 0.226 e. The van der Waals surface area contributed by atoms with Gasteiger partial charge >= 0.3 is 0 Å². The average Bonchev–Trinajstić information content (AvgIpc) is 2.59. The number of carbonyl (C=O) groups excluding carboxylic acids is 2. The summed E-state index contributed by atoms with van der Waals surface area (Å²) in [5.74, 6) is 0.182. The highest BCUT2D eigenvalue weighted by molar-refractivity contribution is 6.31. The summed E-state index contributed by atoms with van der Waals surface area (Å²) in [6.45, 7) is 2.13. The number of carbonyl (C=O) groups is 2. The Kier molecular flexibility index (Phi) is 6.77. The van der Waals surface area contributed by atoms with Gasteiger partial charge in [0.2, 0.25) is 11.8 Å². The fraction of sp³-hybridized carbons (Fsp3) is 0.278. The van der Waals surface area contributed by atoms with E-state index in [9.17, 15) is 9.59 Å². The third-order valence-electron chi connectivity index (χ3n) is 3.57. The molecule has 0 saturated heterocycles. The molecule has 0 aliphatic carbocycles. The van der Waals surface area contributed by atoms with Crippen molar-refractivity contribution in [3.05, 3.63) is 53.3 Å². The van der Waals surface area contributed by atoms with E-state index in [1.807, 2.05) is 18.2 Å². The largest absolute Gasteiger partial charge is 0.495 e. The van der Waals surface area contributed by atoms with Crippen molar-refractivity contribution in [2.45, 2.75) is 19.9 Å². The van der Waals surface area contributed by atoms with Crippen molar-refractivity contribution in [2.75, 3.05) is 19.0 Å². The zero-order valence-corrected chi connectivity index (χ0v) is 14.9. The van der Waals surface area contributed by atoms with Crippen LogP contribution >= 0.6 is 11.6 Å². The number of aromatic nitrogens is 1. The molecule has 25 heavy (non-hydrogen) atoms. The van der Waals surface area contributed by atoms with E-state index >= 15 is 0 Å². The molecule has 132 valence electrons. The van der Waals surface area contributed by atoms with Crippen molar-refractivity contribution in [2.24, 2.45) is 0 Å². The number of pyridine rings is 1. The van der Waals surface area contributed by atoms with E-state index in [-0.39, 0.29) is 18.2 Å². The second kappa shape index (κ2) is 9.03. The molecule has 0 unspecified atom stereocenters. The first-order chi connectivity index (χ1) is 12.0. The van der Waals surface area contributed by atoms with Crippen LogP contribution in [0.3, 0.4) is 0 Å². The zero-order valence-electron chi connectivity index (χ0n) is 14.2. The number of halogens is 1. The number of methoxy groups -OCH3 is 1. The molecule has 0 aliphatic heterocycles. The maximum absolute atomic E-state index is 12.2. The highest BCUT2D eigenvalue weighted by atomic mass is 35.5. The number of amides is 2. The minimum Gasteiger partial charge on any atom is -0.495 e. The topological polar surface area (TPSA) is 71.5 Å². The Labute approximate surface area is 151 Å². The second-order valence-electron chi connectivity index (χ2n) is 5.40. The summed E-state index contributed by atoms with van der Waals surface area (Å²) in [6, 6.07) is 10.5. The summed E-state index contributed by atoms with van der Waals surface area (Å²) in [7, 11) is 1.52. The Balaban J connectivity index is 1.95. The quantitative estimate of drug-likeness (QED) is 0.822. The Morgan fingerprint density at radius 1 is 1.28 bits per heavy atom. The molecule has 0 fully saturated rings. The molecule has 1 aromatic carbocycles. The number of nitrogens with zero attached hydrogens (tertiary/aromatic N) is 2. The zero-order chi connectivity index (χ0) is 18.2. The summed E-state index contributed by atoms with van der Waals surface area (Å²) in [5.41, 5.74) is 1.27. The summed E-state index contributed by atoms with van der Waals surface area (Å²) in [4.78, 5) is 29.8. The number of benzene rings is 1. The second-order valence-corrected chi connectivity index (χ2v) is 5.84. The van der Waals surface area contributed by atoms with Crippen LogP contribution in [-0.2, 0) is 16.1 Å². The fourth-order valence-corrected chi connectivity index (χ4v) is 2.43. The van der Waals surface area contributed by atoms with Gasteiger partial charge in [-0.15, -0.1) is 0 Å². The summed E-state index contributed by atoms with van der Waals surface area (Å²) in [5, 5.41) is 3.26. The van der Waals surface area contributed by atoms with Gasteiger partial charge in [-0.1, -0.05) is 17.7 Å². The van der Waals surface area contributed by atoms with Crippen LogP contribution in [0.5, 0.6) is 5.75 Å². The number of anilines is 1. The molecule has 2 amide bonds. The molecule has 0 atom stereocenters. The third-order valence-corrected chi connectivity index (χ3v) is 3.80. The van der Waals surface area contributed by atoms with Crippen molar-refractivity contribution in [1.82, 2.24) is 9.88 Å². The van der Waals surface area contributed by atoms with Crippen LogP contribution in [0.2, 0.25) is 5.02 Å². The van der Waals surface area contributed by atoms with Gasteiger partial charge in [0.05, 0.1) is 25.0 Å². The monoisotopic (exact) mass is 361 g/mol. The highest BCUT2D eigenvalue weighted by Crippen LogP contribution is 2.27. The third kappa shape index (κ3) is 5.76. The lowest BCUT2D eigenvalue weighted by molar-refractivity contribution is -0.130. The van der Waals surface area contributed by atoms with E-state index in [0.29, 0.717) is 29.5 Å². The molecule has 1 aromatic heterocycles. The molecule has 0 radical (unpaired) electrons. The molecule has 7 heteroatoms. The lowest BCUT2D eigenvalue weighted by Crippen LogP contribution is -2.31. The van der Waals surface area contributed by atoms with Crippen LogP contribution in [0.25, 0.3) is 0 Å². The van der Waals surface area contributed by atoms with E-state index in [4.69, 9.17) is 16.3 Å². The molecule has 1 N–H and O–H groups in total. The normalized spacial score (nSPS) is 10.2. The number of hydrogen-bond acceptors (Lipinski definition) is 4. The van der Waals surface area contributed by atoms with E-state index in [0.717, 1.165) is 5.69 Å². The Morgan fingerprint density at radius 2 is 2.08 bits per heavy atom. The molecule has 2 aromatic rings. The average molecular weight is 362 g/mol. The van der Waals surface area contributed by atoms with Gasteiger partial charge < -0.3 is 15.0 Å². The number of ether oxygens (including phenoxy) is 1. The first-order valence-corrected chi connectivity index (χ1v) is 8.16. The Hall–Kier alpha value is -2.60. The van der Waals surface area contributed by atoms with Crippen LogP contribution in [0.4, 0.5) is 5.69 Å². The first kappa shape index (κ1) is 18.7. The van der Waals surface area contributed by atoms with Gasteiger partial charge in [-0.3, -0.25) is 14.6 Å². The smallest absolute Gasteiger partial charge is 0.226 e. The number of rotatable bonds is 7. The Morgan fingerprint density at radius 3 is 2.72 bits per heavy atom.